The molecule has 1 unspecified atom stereocenters. The SMILES string of the molecule is C=C(C)COCC(C)c1cccc(C)c1C. The summed E-state index contributed by atoms with van der Waals surface area (Å²) in [4.78, 5) is 0. The zero-order valence-corrected chi connectivity index (χ0v) is 10.8. The Kier molecular flexibility index (Phi) is 4.75. The van der Waals surface area contributed by atoms with E-state index in [1.54, 1.807) is 0 Å². The second-order valence-electron chi connectivity index (χ2n) is 4.66. The lowest BCUT2D eigenvalue weighted by molar-refractivity contribution is 0.144. The first kappa shape index (κ1) is 13.0. The summed E-state index contributed by atoms with van der Waals surface area (Å²) >= 11 is 0. The molecule has 1 atom stereocenters. The molecular weight excluding hydrogens is 196 g/mol. The third-order valence-corrected chi connectivity index (χ3v) is 2.89. The normalized spacial score (nSPS) is 12.5. The maximum Gasteiger partial charge on any atom is 0.0671 e. The monoisotopic (exact) mass is 218 g/mol. The molecule has 0 amide bonds. The first-order valence-electron chi connectivity index (χ1n) is 5.80. The lowest BCUT2D eigenvalue weighted by Crippen LogP contribution is -2.07. The highest BCUT2D eigenvalue weighted by atomic mass is 16.5. The molecule has 88 valence electrons. The van der Waals surface area contributed by atoms with Gasteiger partial charge < -0.3 is 4.74 Å². The second kappa shape index (κ2) is 5.86. The fourth-order valence-electron chi connectivity index (χ4n) is 1.81. The molecule has 0 aliphatic heterocycles. The summed E-state index contributed by atoms with van der Waals surface area (Å²) in [5.74, 6) is 0.444. The van der Waals surface area contributed by atoms with Gasteiger partial charge in [-0.15, -0.1) is 0 Å². The van der Waals surface area contributed by atoms with Gasteiger partial charge in [0.2, 0.25) is 0 Å². The van der Waals surface area contributed by atoms with Crippen LogP contribution in [-0.2, 0) is 4.74 Å². The Morgan fingerprint density at radius 3 is 2.69 bits per heavy atom. The van der Waals surface area contributed by atoms with E-state index in [1.165, 1.54) is 16.7 Å². The van der Waals surface area contributed by atoms with E-state index in [-0.39, 0.29) is 0 Å². The Hall–Kier alpha value is -1.08. The molecule has 1 aromatic rings. The fourth-order valence-corrected chi connectivity index (χ4v) is 1.81. The Morgan fingerprint density at radius 1 is 1.38 bits per heavy atom. The van der Waals surface area contributed by atoms with Gasteiger partial charge in [-0.1, -0.05) is 37.3 Å². The minimum absolute atomic E-state index is 0.444. The highest BCUT2D eigenvalue weighted by molar-refractivity contribution is 5.35. The molecule has 0 fully saturated rings. The van der Waals surface area contributed by atoms with Crippen LogP contribution in [0.25, 0.3) is 0 Å². The lowest BCUT2D eigenvalue weighted by atomic mass is 9.94. The molecule has 0 saturated heterocycles. The molecule has 1 aromatic carbocycles. The van der Waals surface area contributed by atoms with Crippen molar-refractivity contribution in [3.8, 4) is 0 Å². The maximum atomic E-state index is 5.61. The molecule has 1 rings (SSSR count). The molecule has 1 nitrogen and oxygen atoms in total. The van der Waals surface area contributed by atoms with Crippen LogP contribution in [0.1, 0.15) is 36.5 Å². The van der Waals surface area contributed by atoms with Gasteiger partial charge in [-0.25, -0.2) is 0 Å². The van der Waals surface area contributed by atoms with E-state index >= 15 is 0 Å². The maximum absolute atomic E-state index is 5.61. The third kappa shape index (κ3) is 3.49. The minimum Gasteiger partial charge on any atom is -0.377 e. The first-order valence-corrected chi connectivity index (χ1v) is 5.80. The molecule has 0 N–H and O–H groups in total. The van der Waals surface area contributed by atoms with Crippen LogP contribution in [0, 0.1) is 13.8 Å². The number of hydrogen-bond donors (Lipinski definition) is 0. The van der Waals surface area contributed by atoms with Crippen molar-refractivity contribution in [3.05, 3.63) is 47.0 Å². The Bertz CT molecular complexity index is 366. The molecule has 16 heavy (non-hydrogen) atoms. The quantitative estimate of drug-likeness (QED) is 0.679. The van der Waals surface area contributed by atoms with E-state index in [0.29, 0.717) is 12.5 Å². The van der Waals surface area contributed by atoms with Crippen LogP contribution in [0.15, 0.2) is 30.4 Å². The van der Waals surface area contributed by atoms with Crippen molar-refractivity contribution in [2.45, 2.75) is 33.6 Å². The van der Waals surface area contributed by atoms with E-state index in [9.17, 15) is 0 Å². The van der Waals surface area contributed by atoms with Crippen molar-refractivity contribution in [1.82, 2.24) is 0 Å². The van der Waals surface area contributed by atoms with Crippen LogP contribution < -0.4 is 0 Å². The first-order chi connectivity index (χ1) is 7.52. The van der Waals surface area contributed by atoms with Gasteiger partial charge in [0.25, 0.3) is 0 Å². The van der Waals surface area contributed by atoms with Crippen molar-refractivity contribution < 1.29 is 4.74 Å². The summed E-state index contributed by atoms with van der Waals surface area (Å²) in [5, 5.41) is 0. The van der Waals surface area contributed by atoms with Crippen LogP contribution >= 0.6 is 0 Å². The molecular formula is C15H22O. The third-order valence-electron chi connectivity index (χ3n) is 2.89. The number of ether oxygens (including phenoxy) is 1. The number of aryl methyl sites for hydroxylation is 1. The van der Waals surface area contributed by atoms with E-state index in [2.05, 4.69) is 45.5 Å². The van der Waals surface area contributed by atoms with Crippen LogP contribution in [-0.4, -0.2) is 13.2 Å². The lowest BCUT2D eigenvalue weighted by Gasteiger charge is -2.16. The Morgan fingerprint density at radius 2 is 2.06 bits per heavy atom. The van der Waals surface area contributed by atoms with Gasteiger partial charge in [0.1, 0.15) is 0 Å². The van der Waals surface area contributed by atoms with E-state index in [1.807, 2.05) is 6.92 Å². The van der Waals surface area contributed by atoms with Gasteiger partial charge >= 0.3 is 0 Å². The van der Waals surface area contributed by atoms with Crippen molar-refractivity contribution in [1.29, 1.82) is 0 Å². The summed E-state index contributed by atoms with van der Waals surface area (Å²) in [6.45, 7) is 13.8. The second-order valence-corrected chi connectivity index (χ2v) is 4.66. The van der Waals surface area contributed by atoms with Gasteiger partial charge in [0.05, 0.1) is 13.2 Å². The van der Waals surface area contributed by atoms with Crippen molar-refractivity contribution in [3.63, 3.8) is 0 Å². The number of rotatable bonds is 5. The highest BCUT2D eigenvalue weighted by Gasteiger charge is 2.09. The topological polar surface area (TPSA) is 9.23 Å². The van der Waals surface area contributed by atoms with Crippen molar-refractivity contribution >= 4 is 0 Å². The average Bonchev–Trinajstić information content (AvgIpc) is 2.21. The largest absolute Gasteiger partial charge is 0.377 e. The molecule has 0 heterocycles. The van der Waals surface area contributed by atoms with Crippen LogP contribution in [0.2, 0.25) is 0 Å². The van der Waals surface area contributed by atoms with E-state index < -0.39 is 0 Å². The molecule has 0 aromatic heterocycles. The fraction of sp³-hybridized carbons (Fsp3) is 0.467. The van der Waals surface area contributed by atoms with E-state index in [4.69, 9.17) is 4.74 Å². The van der Waals surface area contributed by atoms with Gasteiger partial charge in [-0.05, 0) is 37.5 Å². The Labute approximate surface area is 99.1 Å². The van der Waals surface area contributed by atoms with Gasteiger partial charge in [0, 0.05) is 5.92 Å². The predicted molar refractivity (Wildman–Crippen MR) is 70.0 cm³/mol. The van der Waals surface area contributed by atoms with Crippen LogP contribution in [0.5, 0.6) is 0 Å². The summed E-state index contributed by atoms with van der Waals surface area (Å²) in [6, 6.07) is 6.46. The van der Waals surface area contributed by atoms with E-state index in [0.717, 1.165) is 12.2 Å². The Balaban J connectivity index is 2.62. The molecule has 1 heteroatoms. The van der Waals surface area contributed by atoms with Gasteiger partial charge in [-0.3, -0.25) is 0 Å². The van der Waals surface area contributed by atoms with Gasteiger partial charge in [-0.2, -0.15) is 0 Å². The summed E-state index contributed by atoms with van der Waals surface area (Å²) < 4.78 is 5.61. The molecule has 0 bridgehead atoms. The molecule has 0 radical (unpaired) electrons. The average molecular weight is 218 g/mol. The number of benzene rings is 1. The summed E-state index contributed by atoms with van der Waals surface area (Å²) in [5.41, 5.74) is 5.20. The zero-order valence-electron chi connectivity index (χ0n) is 10.8. The van der Waals surface area contributed by atoms with Gasteiger partial charge in [0.15, 0.2) is 0 Å². The summed E-state index contributed by atoms with van der Waals surface area (Å²) in [7, 11) is 0. The smallest absolute Gasteiger partial charge is 0.0671 e. The summed E-state index contributed by atoms with van der Waals surface area (Å²) in [6.07, 6.45) is 0. The number of hydrogen-bond acceptors (Lipinski definition) is 1. The molecule has 0 aliphatic rings. The highest BCUT2D eigenvalue weighted by Crippen LogP contribution is 2.22. The van der Waals surface area contributed by atoms with Crippen molar-refractivity contribution in [2.24, 2.45) is 0 Å². The molecule has 0 aliphatic carbocycles. The van der Waals surface area contributed by atoms with Crippen molar-refractivity contribution in [2.75, 3.05) is 13.2 Å². The van der Waals surface area contributed by atoms with Crippen LogP contribution in [0.4, 0.5) is 0 Å². The standard InChI is InChI=1S/C15H22O/c1-11(2)9-16-10-13(4)15-8-6-7-12(3)14(15)5/h6-8,13H,1,9-10H2,2-5H3. The zero-order chi connectivity index (χ0) is 12.1. The predicted octanol–water partition coefficient (Wildman–Crippen LogP) is 4.00. The van der Waals surface area contributed by atoms with Crippen LogP contribution in [0.3, 0.4) is 0 Å². The molecule has 0 spiro atoms. The minimum atomic E-state index is 0.444. The molecule has 0 saturated carbocycles.